The molecule has 0 spiro atoms. The van der Waals surface area contributed by atoms with Crippen molar-refractivity contribution in [2.24, 2.45) is 5.10 Å². The average molecular weight is 460 g/mol. The summed E-state index contributed by atoms with van der Waals surface area (Å²) in [7, 11) is 0. The van der Waals surface area contributed by atoms with Crippen LogP contribution in [-0.4, -0.2) is 18.7 Å². The molecule has 0 radical (unpaired) electrons. The lowest BCUT2D eigenvalue weighted by atomic mass is 10.2. The largest absolute Gasteiger partial charge is 0.374 e. The van der Waals surface area contributed by atoms with Crippen molar-refractivity contribution in [3.63, 3.8) is 0 Å². The van der Waals surface area contributed by atoms with Crippen molar-refractivity contribution in [2.75, 3.05) is 11.9 Å². The molecule has 2 aromatic carbocycles. The highest BCUT2D eigenvalue weighted by atomic mass is 79.9. The number of halogens is 3. The van der Waals surface area contributed by atoms with Crippen LogP contribution in [0.1, 0.15) is 11.1 Å². The summed E-state index contributed by atoms with van der Waals surface area (Å²) in [6, 6.07) is 11.2. The molecule has 0 atom stereocenters. The van der Waals surface area contributed by atoms with Crippen LogP contribution in [0.3, 0.4) is 0 Å². The second-order valence-electron chi connectivity index (χ2n) is 4.77. The van der Waals surface area contributed by atoms with Gasteiger partial charge < -0.3 is 5.32 Å². The predicted molar refractivity (Wildman–Crippen MR) is 102 cm³/mol. The number of hydrogen-bond donors (Lipinski definition) is 2. The Kier molecular flexibility index (Phi) is 6.62. The lowest BCUT2D eigenvalue weighted by molar-refractivity contribution is -0.119. The Bertz CT molecular complexity index is 727. The Balaban J connectivity index is 1.90. The summed E-state index contributed by atoms with van der Waals surface area (Å²) in [5.41, 5.74) is 5.13. The van der Waals surface area contributed by atoms with E-state index >= 15 is 0 Å². The average Bonchev–Trinajstić information content (AvgIpc) is 2.48. The van der Waals surface area contributed by atoms with Crippen molar-refractivity contribution in [3.8, 4) is 0 Å². The van der Waals surface area contributed by atoms with Gasteiger partial charge in [-0.3, -0.25) is 4.79 Å². The number of nitrogens with zero attached hydrogens (tertiary/aromatic N) is 1. The summed E-state index contributed by atoms with van der Waals surface area (Å²) in [6.07, 6.45) is 1.51. The summed E-state index contributed by atoms with van der Waals surface area (Å²) in [6.45, 7) is 2.09. The molecular formula is C16H14Br2ClN3O. The van der Waals surface area contributed by atoms with E-state index in [1.165, 1.54) is 6.21 Å². The molecule has 0 aliphatic heterocycles. The topological polar surface area (TPSA) is 53.5 Å². The number of benzene rings is 2. The van der Waals surface area contributed by atoms with Gasteiger partial charge in [0.05, 0.1) is 18.4 Å². The maximum absolute atomic E-state index is 11.8. The minimum Gasteiger partial charge on any atom is -0.374 e. The highest BCUT2D eigenvalue weighted by Gasteiger charge is 2.07. The molecular weight excluding hydrogens is 445 g/mol. The Morgan fingerprint density at radius 1 is 1.26 bits per heavy atom. The highest BCUT2D eigenvalue weighted by molar-refractivity contribution is 9.11. The zero-order valence-corrected chi connectivity index (χ0v) is 16.2. The summed E-state index contributed by atoms with van der Waals surface area (Å²) >= 11 is 12.9. The molecule has 0 saturated heterocycles. The van der Waals surface area contributed by atoms with Crippen molar-refractivity contribution in [1.82, 2.24) is 5.43 Å². The van der Waals surface area contributed by atoms with Crippen LogP contribution < -0.4 is 10.7 Å². The molecule has 0 fully saturated rings. The van der Waals surface area contributed by atoms with Gasteiger partial charge in [0, 0.05) is 19.5 Å². The third-order valence-corrected chi connectivity index (χ3v) is 4.51. The smallest absolute Gasteiger partial charge is 0.259 e. The monoisotopic (exact) mass is 457 g/mol. The maximum Gasteiger partial charge on any atom is 0.259 e. The van der Waals surface area contributed by atoms with Crippen molar-refractivity contribution in [1.29, 1.82) is 0 Å². The van der Waals surface area contributed by atoms with Crippen LogP contribution in [0.15, 0.2) is 50.4 Å². The number of hydrogen-bond acceptors (Lipinski definition) is 3. The van der Waals surface area contributed by atoms with Crippen LogP contribution in [0.4, 0.5) is 5.69 Å². The SMILES string of the molecule is Cc1cc(Br)c(NCC(=O)N/N=C/c2ccccc2Cl)c(Br)c1. The lowest BCUT2D eigenvalue weighted by Crippen LogP contribution is -2.26. The van der Waals surface area contributed by atoms with Crippen molar-refractivity contribution >= 4 is 61.3 Å². The van der Waals surface area contributed by atoms with Gasteiger partial charge in [0.2, 0.25) is 0 Å². The molecule has 23 heavy (non-hydrogen) atoms. The highest BCUT2D eigenvalue weighted by Crippen LogP contribution is 2.32. The molecule has 2 aromatic rings. The second-order valence-corrected chi connectivity index (χ2v) is 6.89. The van der Waals surface area contributed by atoms with E-state index in [1.54, 1.807) is 6.07 Å². The molecule has 0 aliphatic carbocycles. The summed E-state index contributed by atoms with van der Waals surface area (Å²) in [5.74, 6) is -0.257. The number of nitrogens with one attached hydrogen (secondary N) is 2. The summed E-state index contributed by atoms with van der Waals surface area (Å²) < 4.78 is 1.77. The van der Waals surface area contributed by atoms with Gasteiger partial charge >= 0.3 is 0 Å². The quantitative estimate of drug-likeness (QED) is 0.502. The number of rotatable bonds is 5. The van der Waals surface area contributed by atoms with Crippen LogP contribution in [0.2, 0.25) is 5.02 Å². The Hall–Kier alpha value is -1.37. The van der Waals surface area contributed by atoms with Crippen LogP contribution in [0.5, 0.6) is 0 Å². The molecule has 7 heteroatoms. The van der Waals surface area contributed by atoms with Gasteiger partial charge in [0.25, 0.3) is 5.91 Å². The molecule has 4 nitrogen and oxygen atoms in total. The number of carbonyl (C=O) groups is 1. The van der Waals surface area contributed by atoms with Gasteiger partial charge in [0.15, 0.2) is 0 Å². The molecule has 120 valence electrons. The number of amides is 1. The first-order chi connectivity index (χ1) is 11.0. The molecule has 0 aromatic heterocycles. The molecule has 1 amide bonds. The molecule has 2 rings (SSSR count). The van der Waals surface area contributed by atoms with E-state index in [4.69, 9.17) is 11.6 Å². The zero-order valence-electron chi connectivity index (χ0n) is 12.2. The number of anilines is 1. The minimum absolute atomic E-state index is 0.0973. The Labute approximate surface area is 156 Å². The van der Waals surface area contributed by atoms with E-state index in [0.29, 0.717) is 5.02 Å². The lowest BCUT2D eigenvalue weighted by Gasteiger charge is -2.11. The van der Waals surface area contributed by atoms with Gasteiger partial charge in [-0.1, -0.05) is 29.8 Å². The van der Waals surface area contributed by atoms with E-state index in [9.17, 15) is 4.79 Å². The third-order valence-electron chi connectivity index (χ3n) is 2.91. The predicted octanol–water partition coefficient (Wildman–Crippen LogP) is 4.74. The number of carbonyl (C=O) groups excluding carboxylic acids is 1. The van der Waals surface area contributed by atoms with Crippen LogP contribution >= 0.6 is 43.5 Å². The number of aryl methyl sites for hydroxylation is 1. The van der Waals surface area contributed by atoms with Crippen molar-refractivity contribution < 1.29 is 4.79 Å². The Morgan fingerprint density at radius 2 is 1.91 bits per heavy atom. The molecule has 0 aliphatic rings. The van der Waals surface area contributed by atoms with Gasteiger partial charge in [-0.05, 0) is 62.5 Å². The van der Waals surface area contributed by atoms with E-state index in [2.05, 4.69) is 47.7 Å². The van der Waals surface area contributed by atoms with E-state index in [1.807, 2.05) is 37.3 Å². The van der Waals surface area contributed by atoms with Gasteiger partial charge in [-0.15, -0.1) is 0 Å². The fourth-order valence-electron chi connectivity index (χ4n) is 1.83. The fourth-order valence-corrected chi connectivity index (χ4v) is 3.71. The molecule has 2 N–H and O–H groups in total. The summed E-state index contributed by atoms with van der Waals surface area (Å²) in [5, 5.41) is 7.54. The zero-order chi connectivity index (χ0) is 16.8. The number of hydrazone groups is 1. The van der Waals surface area contributed by atoms with Crippen LogP contribution in [-0.2, 0) is 4.79 Å². The van der Waals surface area contributed by atoms with E-state index in [-0.39, 0.29) is 12.5 Å². The first kappa shape index (κ1) is 18.0. The molecule has 0 unspecified atom stereocenters. The first-order valence-electron chi connectivity index (χ1n) is 6.73. The van der Waals surface area contributed by atoms with Gasteiger partial charge in [0.1, 0.15) is 0 Å². The minimum atomic E-state index is -0.257. The van der Waals surface area contributed by atoms with Crippen molar-refractivity contribution in [2.45, 2.75) is 6.92 Å². The first-order valence-corrected chi connectivity index (χ1v) is 8.69. The Morgan fingerprint density at radius 3 is 2.57 bits per heavy atom. The fraction of sp³-hybridized carbons (Fsp3) is 0.125. The third kappa shape index (κ3) is 5.34. The van der Waals surface area contributed by atoms with Gasteiger partial charge in [-0.25, -0.2) is 5.43 Å². The summed E-state index contributed by atoms with van der Waals surface area (Å²) in [4.78, 5) is 11.8. The van der Waals surface area contributed by atoms with E-state index < -0.39 is 0 Å². The van der Waals surface area contributed by atoms with E-state index in [0.717, 1.165) is 25.8 Å². The second kappa shape index (κ2) is 8.47. The molecule has 0 heterocycles. The van der Waals surface area contributed by atoms with Crippen molar-refractivity contribution in [3.05, 3.63) is 61.5 Å². The maximum atomic E-state index is 11.8. The molecule has 0 saturated carbocycles. The standard InChI is InChI=1S/C16H14Br2ClN3O/c1-10-6-12(17)16(13(18)7-10)20-9-15(23)22-21-8-11-4-2-3-5-14(11)19/h2-8,20H,9H2,1H3,(H,22,23)/b21-8+. The van der Waals surface area contributed by atoms with Gasteiger partial charge in [-0.2, -0.15) is 5.10 Å². The van der Waals surface area contributed by atoms with Crippen LogP contribution in [0.25, 0.3) is 0 Å². The molecule has 0 bridgehead atoms. The van der Waals surface area contributed by atoms with Crippen LogP contribution in [0, 0.1) is 6.92 Å². The normalized spacial score (nSPS) is 10.8.